The summed E-state index contributed by atoms with van der Waals surface area (Å²) >= 11 is 5.86. The normalized spacial score (nSPS) is 11.1. The van der Waals surface area contributed by atoms with E-state index in [1.54, 1.807) is 60.5 Å². The molecule has 2 rings (SSSR count). The van der Waals surface area contributed by atoms with Gasteiger partial charge in [-0.15, -0.1) is 0 Å². The molecule has 0 saturated carbocycles. The topological polar surface area (TPSA) is 84.9 Å². The van der Waals surface area contributed by atoms with Crippen LogP contribution >= 0.6 is 11.6 Å². The Morgan fingerprint density at radius 2 is 1.75 bits per heavy atom. The lowest BCUT2D eigenvalue weighted by Gasteiger charge is -2.23. The van der Waals surface area contributed by atoms with E-state index in [0.29, 0.717) is 30.4 Å². The quantitative estimate of drug-likeness (QED) is 0.617. The average Bonchev–Trinajstić information content (AvgIpc) is 2.68. The van der Waals surface area contributed by atoms with Gasteiger partial charge in [-0.05, 0) is 48.9 Å². The second-order valence-electron chi connectivity index (χ2n) is 5.93. The van der Waals surface area contributed by atoms with E-state index in [4.69, 9.17) is 20.5 Å². The molecule has 7 nitrogen and oxygen atoms in total. The third-order valence-electron chi connectivity index (χ3n) is 3.82. The maximum absolute atomic E-state index is 12.6. The maximum Gasteiger partial charge on any atom is 0.322 e. The van der Waals surface area contributed by atoms with Crippen molar-refractivity contribution in [3.05, 3.63) is 59.1 Å². The molecule has 0 atom stereocenters. The van der Waals surface area contributed by atoms with E-state index >= 15 is 0 Å². The summed E-state index contributed by atoms with van der Waals surface area (Å²) < 4.78 is 33.1. The van der Waals surface area contributed by atoms with Crippen LogP contribution in [-0.2, 0) is 21.4 Å². The Balaban J connectivity index is 2.06. The predicted octanol–water partition coefficient (Wildman–Crippen LogP) is 3.75. The molecule has 2 aromatic carbocycles. The number of carbonyl (C=O) groups is 1. The monoisotopic (exact) mass is 426 g/mol. The van der Waals surface area contributed by atoms with Crippen molar-refractivity contribution in [1.82, 2.24) is 4.90 Å². The fraction of sp³-hybridized carbons (Fsp3) is 0.316. The van der Waals surface area contributed by atoms with Crippen molar-refractivity contribution in [2.75, 3.05) is 31.3 Å². The van der Waals surface area contributed by atoms with Crippen molar-refractivity contribution in [3.63, 3.8) is 0 Å². The molecule has 0 saturated heterocycles. The first-order valence-electron chi connectivity index (χ1n) is 8.64. The van der Waals surface area contributed by atoms with Gasteiger partial charge in [-0.1, -0.05) is 23.7 Å². The summed E-state index contributed by atoms with van der Waals surface area (Å²) in [5, 5.41) is 3.40. The number of carbonyl (C=O) groups excluding carboxylic acids is 1. The number of anilines is 1. The number of nitrogens with zero attached hydrogens (tertiary/aromatic N) is 1. The summed E-state index contributed by atoms with van der Waals surface area (Å²) in [6.07, 6.45) is 0. The van der Waals surface area contributed by atoms with Crippen LogP contribution in [0.25, 0.3) is 0 Å². The summed E-state index contributed by atoms with van der Waals surface area (Å²) in [7, 11) is -2.01. The van der Waals surface area contributed by atoms with Gasteiger partial charge in [0.25, 0.3) is 0 Å². The van der Waals surface area contributed by atoms with E-state index < -0.39 is 10.1 Å². The number of urea groups is 1. The van der Waals surface area contributed by atoms with E-state index in [0.717, 1.165) is 5.56 Å². The maximum atomic E-state index is 12.6. The summed E-state index contributed by atoms with van der Waals surface area (Å²) in [5.74, 6) is 0.129. The summed E-state index contributed by atoms with van der Waals surface area (Å²) in [6.45, 7) is 2.60. The van der Waals surface area contributed by atoms with Crippen LogP contribution in [0.1, 0.15) is 12.5 Å². The van der Waals surface area contributed by atoms with Gasteiger partial charge >= 0.3 is 16.1 Å². The molecule has 0 heterocycles. The van der Waals surface area contributed by atoms with Crippen LogP contribution in [0.2, 0.25) is 5.02 Å². The fourth-order valence-electron chi connectivity index (χ4n) is 2.27. The molecule has 1 N–H and O–H groups in total. The molecule has 0 bridgehead atoms. The fourth-order valence-corrected chi connectivity index (χ4v) is 2.91. The van der Waals surface area contributed by atoms with Gasteiger partial charge in [0.15, 0.2) is 0 Å². The lowest BCUT2D eigenvalue weighted by atomic mass is 10.2. The Morgan fingerprint density at radius 3 is 2.32 bits per heavy atom. The minimum absolute atomic E-state index is 0.107. The summed E-state index contributed by atoms with van der Waals surface area (Å²) in [4.78, 5) is 14.2. The molecule has 9 heteroatoms. The van der Waals surface area contributed by atoms with E-state index in [-0.39, 0.29) is 17.5 Å². The molecule has 0 fully saturated rings. The van der Waals surface area contributed by atoms with Gasteiger partial charge in [-0.25, -0.2) is 4.79 Å². The highest BCUT2D eigenvalue weighted by Gasteiger charge is 2.15. The molecule has 0 aliphatic carbocycles. The number of hydrogen-bond donors (Lipinski definition) is 1. The van der Waals surface area contributed by atoms with Gasteiger partial charge in [0.05, 0.1) is 12.4 Å². The van der Waals surface area contributed by atoms with Crippen LogP contribution in [0.3, 0.4) is 0 Å². The van der Waals surface area contributed by atoms with Crippen molar-refractivity contribution < 1.29 is 22.1 Å². The molecule has 2 amide bonds. The first-order valence-corrected chi connectivity index (χ1v) is 10.6. The summed E-state index contributed by atoms with van der Waals surface area (Å²) in [5.41, 5.74) is 1.45. The first kappa shape index (κ1) is 22.0. The van der Waals surface area contributed by atoms with E-state index in [9.17, 15) is 13.2 Å². The zero-order valence-corrected chi connectivity index (χ0v) is 17.3. The number of nitrogens with one attached hydrogen (secondary N) is 1. The average molecular weight is 427 g/mol. The standard InChI is InChI=1S/C19H23ClN2O5S/c1-3-28(24,25)27-18-10-4-15(5-11-18)14-22(12-13-26-2)19(23)21-17-8-6-16(20)7-9-17/h4-11H,3,12-14H2,1-2H3,(H,21,23). The zero-order chi connectivity index (χ0) is 20.6. The summed E-state index contributed by atoms with van der Waals surface area (Å²) in [6, 6.07) is 13.1. The zero-order valence-electron chi connectivity index (χ0n) is 15.7. The molecule has 0 spiro atoms. The molecule has 0 unspecified atom stereocenters. The lowest BCUT2D eigenvalue weighted by molar-refractivity contribution is 0.153. The number of rotatable bonds is 9. The molecular weight excluding hydrogens is 404 g/mol. The van der Waals surface area contributed by atoms with Crippen LogP contribution in [0, 0.1) is 0 Å². The molecule has 28 heavy (non-hydrogen) atoms. The SMILES string of the molecule is CCS(=O)(=O)Oc1ccc(CN(CCOC)C(=O)Nc2ccc(Cl)cc2)cc1. The Hall–Kier alpha value is -2.29. The number of ether oxygens (including phenoxy) is 1. The van der Waals surface area contributed by atoms with Crippen molar-refractivity contribution >= 4 is 33.4 Å². The number of amides is 2. The van der Waals surface area contributed by atoms with Gasteiger partial charge in [0.2, 0.25) is 0 Å². The van der Waals surface area contributed by atoms with Crippen LogP contribution in [0.4, 0.5) is 10.5 Å². The second kappa shape index (κ2) is 10.3. The van der Waals surface area contributed by atoms with Crippen molar-refractivity contribution in [2.24, 2.45) is 0 Å². The van der Waals surface area contributed by atoms with Gasteiger partial charge in [-0.2, -0.15) is 8.42 Å². The Morgan fingerprint density at radius 1 is 1.11 bits per heavy atom. The van der Waals surface area contributed by atoms with E-state index in [1.165, 1.54) is 6.92 Å². The molecular formula is C19H23ClN2O5S. The predicted molar refractivity (Wildman–Crippen MR) is 109 cm³/mol. The molecule has 0 aromatic heterocycles. The lowest BCUT2D eigenvalue weighted by Crippen LogP contribution is -2.36. The highest BCUT2D eigenvalue weighted by atomic mass is 35.5. The second-order valence-corrected chi connectivity index (χ2v) is 8.22. The molecule has 2 aromatic rings. The smallest absolute Gasteiger partial charge is 0.322 e. The van der Waals surface area contributed by atoms with Gasteiger partial charge in [-0.3, -0.25) is 0 Å². The highest BCUT2D eigenvalue weighted by molar-refractivity contribution is 7.87. The minimum Gasteiger partial charge on any atom is -0.383 e. The Kier molecular flexibility index (Phi) is 8.10. The van der Waals surface area contributed by atoms with Crippen LogP contribution in [0.15, 0.2) is 48.5 Å². The Labute approximate surface area is 170 Å². The minimum atomic E-state index is -3.57. The van der Waals surface area contributed by atoms with Crippen LogP contribution < -0.4 is 9.50 Å². The van der Waals surface area contributed by atoms with Crippen molar-refractivity contribution in [1.29, 1.82) is 0 Å². The van der Waals surface area contributed by atoms with Crippen molar-refractivity contribution in [3.8, 4) is 5.75 Å². The molecule has 0 aliphatic rings. The number of hydrogen-bond acceptors (Lipinski definition) is 5. The molecule has 0 radical (unpaired) electrons. The molecule has 152 valence electrons. The van der Waals surface area contributed by atoms with Crippen LogP contribution in [-0.4, -0.2) is 45.4 Å². The third-order valence-corrected chi connectivity index (χ3v) is 5.23. The molecule has 0 aliphatic heterocycles. The largest absolute Gasteiger partial charge is 0.383 e. The van der Waals surface area contributed by atoms with E-state index in [1.807, 2.05) is 0 Å². The van der Waals surface area contributed by atoms with Gasteiger partial charge in [0, 0.05) is 30.9 Å². The number of methoxy groups -OCH3 is 1. The van der Waals surface area contributed by atoms with E-state index in [2.05, 4.69) is 5.32 Å². The third kappa shape index (κ3) is 7.03. The first-order chi connectivity index (χ1) is 13.3. The van der Waals surface area contributed by atoms with Crippen LogP contribution in [0.5, 0.6) is 5.75 Å². The van der Waals surface area contributed by atoms with Gasteiger partial charge < -0.3 is 19.1 Å². The Bertz CT molecular complexity index is 870. The van der Waals surface area contributed by atoms with Crippen molar-refractivity contribution in [2.45, 2.75) is 13.5 Å². The van der Waals surface area contributed by atoms with Gasteiger partial charge in [0.1, 0.15) is 5.75 Å². The number of halogens is 1. The highest BCUT2D eigenvalue weighted by Crippen LogP contribution is 2.17. The number of benzene rings is 2.